The first kappa shape index (κ1) is 14.6. The van der Waals surface area contributed by atoms with E-state index in [0.29, 0.717) is 18.1 Å². The lowest BCUT2D eigenvalue weighted by molar-refractivity contribution is 0.0526. The summed E-state index contributed by atoms with van der Waals surface area (Å²) < 4.78 is 8.13. The Kier molecular flexibility index (Phi) is 4.18. The Morgan fingerprint density at radius 3 is 2.59 bits per heavy atom. The van der Waals surface area contributed by atoms with Gasteiger partial charge in [-0.1, -0.05) is 12.8 Å². The highest BCUT2D eigenvalue weighted by molar-refractivity contribution is 5.08. The van der Waals surface area contributed by atoms with E-state index in [0.717, 1.165) is 25.5 Å². The van der Waals surface area contributed by atoms with Crippen molar-refractivity contribution in [2.45, 2.75) is 76.0 Å². The lowest BCUT2D eigenvalue weighted by Crippen LogP contribution is -2.39. The molecule has 0 radical (unpaired) electrons. The maximum atomic E-state index is 5.88. The Morgan fingerprint density at radius 1 is 1.09 bits per heavy atom. The summed E-state index contributed by atoms with van der Waals surface area (Å²) in [6.07, 6.45) is 10.9. The highest BCUT2D eigenvalue weighted by atomic mass is 16.5. The first-order chi connectivity index (χ1) is 10.8. The summed E-state index contributed by atoms with van der Waals surface area (Å²) in [5.41, 5.74) is 0. The molecule has 0 N–H and O–H groups in total. The molecule has 1 aliphatic heterocycles. The quantitative estimate of drug-likeness (QED) is 0.810. The Balaban J connectivity index is 1.47. The van der Waals surface area contributed by atoms with Crippen LogP contribution in [-0.2, 0) is 18.3 Å². The molecule has 0 bridgehead atoms. The van der Waals surface area contributed by atoms with E-state index in [1.807, 2.05) is 0 Å². The fourth-order valence-electron chi connectivity index (χ4n) is 4.05. The van der Waals surface area contributed by atoms with Gasteiger partial charge in [0.25, 0.3) is 0 Å². The van der Waals surface area contributed by atoms with E-state index in [9.17, 15) is 0 Å². The molecule has 1 unspecified atom stereocenters. The van der Waals surface area contributed by atoms with Gasteiger partial charge in [-0.15, -0.1) is 10.2 Å². The maximum absolute atomic E-state index is 5.88. The van der Waals surface area contributed by atoms with Crippen LogP contribution in [0.3, 0.4) is 0 Å². The van der Waals surface area contributed by atoms with E-state index in [-0.39, 0.29) is 0 Å². The van der Waals surface area contributed by atoms with Crippen LogP contribution in [0.15, 0.2) is 0 Å². The minimum atomic E-state index is 0.428. The van der Waals surface area contributed by atoms with Crippen LogP contribution in [0, 0.1) is 0 Å². The van der Waals surface area contributed by atoms with Crippen LogP contribution in [0.25, 0.3) is 0 Å². The predicted octanol–water partition coefficient (Wildman–Crippen LogP) is 2.62. The topological polar surface area (TPSA) is 43.2 Å². The van der Waals surface area contributed by atoms with Crippen LogP contribution >= 0.6 is 0 Å². The van der Waals surface area contributed by atoms with Crippen LogP contribution in [0.4, 0.5) is 0 Å². The Hall–Kier alpha value is -0.940. The van der Waals surface area contributed by atoms with Gasteiger partial charge in [0.15, 0.2) is 0 Å². The number of nitrogens with zero attached hydrogens (tertiary/aromatic N) is 4. The molecular weight excluding hydrogens is 276 g/mol. The highest BCUT2D eigenvalue weighted by Gasteiger charge is 2.31. The summed E-state index contributed by atoms with van der Waals surface area (Å²) in [6, 6.07) is 0.713. The number of hydrogen-bond donors (Lipinski definition) is 0. The fraction of sp³-hybridized carbons (Fsp3) is 0.882. The largest absolute Gasteiger partial charge is 0.377 e. The molecule has 2 aliphatic carbocycles. The molecule has 1 atom stereocenters. The summed E-state index contributed by atoms with van der Waals surface area (Å²) in [5.74, 6) is 3.00. The van der Waals surface area contributed by atoms with Crippen LogP contribution in [0.1, 0.15) is 68.9 Å². The van der Waals surface area contributed by atoms with E-state index >= 15 is 0 Å². The average molecular weight is 304 g/mol. The van der Waals surface area contributed by atoms with E-state index in [1.165, 1.54) is 57.2 Å². The smallest absolute Gasteiger partial charge is 0.146 e. The second-order valence-electron chi connectivity index (χ2n) is 7.31. The van der Waals surface area contributed by atoms with E-state index < -0.39 is 0 Å². The van der Waals surface area contributed by atoms with Crippen molar-refractivity contribution in [3.05, 3.63) is 11.6 Å². The molecule has 0 aromatic carbocycles. The van der Waals surface area contributed by atoms with Crippen LogP contribution < -0.4 is 0 Å². The van der Waals surface area contributed by atoms with Gasteiger partial charge in [0, 0.05) is 32.2 Å². The number of rotatable bonds is 6. The summed E-state index contributed by atoms with van der Waals surface area (Å²) >= 11 is 0. The molecule has 1 aromatic heterocycles. The van der Waals surface area contributed by atoms with Crippen molar-refractivity contribution in [3.8, 4) is 0 Å². The van der Waals surface area contributed by atoms with Gasteiger partial charge in [0.1, 0.15) is 11.6 Å². The van der Waals surface area contributed by atoms with Crippen LogP contribution in [-0.4, -0.2) is 45.0 Å². The molecule has 4 rings (SSSR count). The molecule has 122 valence electrons. The maximum Gasteiger partial charge on any atom is 0.146 e. The molecular formula is C17H28N4O. The SMILES string of the molecule is Cn1c(CN(CC2CCCO2)C2CCCC2)nnc1C1CC1. The van der Waals surface area contributed by atoms with Crippen molar-refractivity contribution in [2.24, 2.45) is 7.05 Å². The highest BCUT2D eigenvalue weighted by Crippen LogP contribution is 2.39. The number of ether oxygens (including phenoxy) is 1. The van der Waals surface area contributed by atoms with E-state index in [4.69, 9.17) is 4.74 Å². The zero-order chi connectivity index (χ0) is 14.9. The van der Waals surface area contributed by atoms with Crippen molar-refractivity contribution in [1.29, 1.82) is 0 Å². The molecule has 3 fully saturated rings. The van der Waals surface area contributed by atoms with Crippen molar-refractivity contribution in [2.75, 3.05) is 13.2 Å². The molecule has 1 aromatic rings. The lowest BCUT2D eigenvalue weighted by atomic mass is 10.1. The third-order valence-corrected chi connectivity index (χ3v) is 5.59. The number of aromatic nitrogens is 3. The monoisotopic (exact) mass is 304 g/mol. The summed E-state index contributed by atoms with van der Waals surface area (Å²) in [6.45, 7) is 2.94. The summed E-state index contributed by atoms with van der Waals surface area (Å²) in [5, 5.41) is 8.94. The predicted molar refractivity (Wildman–Crippen MR) is 84.6 cm³/mol. The lowest BCUT2D eigenvalue weighted by Gasteiger charge is -2.30. The van der Waals surface area contributed by atoms with Gasteiger partial charge >= 0.3 is 0 Å². The first-order valence-electron chi connectivity index (χ1n) is 9.05. The van der Waals surface area contributed by atoms with Crippen molar-refractivity contribution < 1.29 is 4.74 Å². The van der Waals surface area contributed by atoms with Crippen LogP contribution in [0.2, 0.25) is 0 Å². The average Bonchev–Trinajstić information content (AvgIpc) is 2.97. The summed E-state index contributed by atoms with van der Waals surface area (Å²) in [4.78, 5) is 2.63. The van der Waals surface area contributed by atoms with Gasteiger partial charge in [0.2, 0.25) is 0 Å². The van der Waals surface area contributed by atoms with Crippen molar-refractivity contribution >= 4 is 0 Å². The van der Waals surface area contributed by atoms with Gasteiger partial charge < -0.3 is 9.30 Å². The van der Waals surface area contributed by atoms with E-state index in [2.05, 4.69) is 26.7 Å². The summed E-state index contributed by atoms with van der Waals surface area (Å²) in [7, 11) is 2.14. The zero-order valence-corrected chi connectivity index (χ0v) is 13.7. The molecule has 1 saturated heterocycles. The number of hydrogen-bond acceptors (Lipinski definition) is 4. The van der Waals surface area contributed by atoms with Gasteiger partial charge in [-0.25, -0.2) is 0 Å². The second kappa shape index (κ2) is 6.28. The van der Waals surface area contributed by atoms with Gasteiger partial charge in [0.05, 0.1) is 12.6 Å². The third-order valence-electron chi connectivity index (χ3n) is 5.59. The van der Waals surface area contributed by atoms with E-state index in [1.54, 1.807) is 0 Å². The van der Waals surface area contributed by atoms with Gasteiger partial charge in [-0.2, -0.15) is 0 Å². The first-order valence-corrected chi connectivity index (χ1v) is 9.05. The fourth-order valence-corrected chi connectivity index (χ4v) is 4.05. The van der Waals surface area contributed by atoms with Gasteiger partial charge in [-0.3, -0.25) is 4.90 Å². The molecule has 3 aliphatic rings. The second-order valence-corrected chi connectivity index (χ2v) is 7.31. The third kappa shape index (κ3) is 3.06. The minimum absolute atomic E-state index is 0.428. The molecule has 22 heavy (non-hydrogen) atoms. The molecule has 5 heteroatoms. The standard InChI is InChI=1S/C17H28N4O/c1-20-16(18-19-17(20)13-8-9-13)12-21(14-5-2-3-6-14)11-15-7-4-10-22-15/h13-15H,2-12H2,1H3. The molecule has 0 amide bonds. The normalized spacial score (nSPS) is 26.4. The molecule has 2 saturated carbocycles. The molecule has 5 nitrogen and oxygen atoms in total. The van der Waals surface area contributed by atoms with Crippen LogP contribution in [0.5, 0.6) is 0 Å². The van der Waals surface area contributed by atoms with Gasteiger partial charge in [-0.05, 0) is 38.5 Å². The Bertz CT molecular complexity index is 499. The minimum Gasteiger partial charge on any atom is -0.377 e. The van der Waals surface area contributed by atoms with Crippen molar-refractivity contribution in [1.82, 2.24) is 19.7 Å². The Labute approximate surface area is 133 Å². The molecule has 0 spiro atoms. The Morgan fingerprint density at radius 2 is 1.91 bits per heavy atom. The molecule has 2 heterocycles. The van der Waals surface area contributed by atoms with Crippen molar-refractivity contribution in [3.63, 3.8) is 0 Å². The zero-order valence-electron chi connectivity index (χ0n) is 13.7.